The smallest absolute Gasteiger partial charge is 0.151 e. The fourth-order valence-electron chi connectivity index (χ4n) is 1.91. The van der Waals surface area contributed by atoms with Gasteiger partial charge in [0.1, 0.15) is 0 Å². The zero-order valence-corrected chi connectivity index (χ0v) is 13.3. The first kappa shape index (κ1) is 16.2. The summed E-state index contributed by atoms with van der Waals surface area (Å²) in [5.41, 5.74) is 1.00. The number of hydrogen-bond acceptors (Lipinski definition) is 5. The SMILES string of the molecule is CCCNCc1ccc(N(C)C(CC)CSC)nn1. The van der Waals surface area contributed by atoms with Gasteiger partial charge in [0.05, 0.1) is 5.69 Å². The van der Waals surface area contributed by atoms with Crippen molar-refractivity contribution >= 4 is 17.6 Å². The Morgan fingerprint density at radius 3 is 2.63 bits per heavy atom. The number of anilines is 1. The molecule has 0 amide bonds. The molecule has 1 aromatic heterocycles. The minimum atomic E-state index is 0.522. The summed E-state index contributed by atoms with van der Waals surface area (Å²) in [5, 5.41) is 12.0. The van der Waals surface area contributed by atoms with Gasteiger partial charge in [-0.15, -0.1) is 5.10 Å². The van der Waals surface area contributed by atoms with E-state index in [4.69, 9.17) is 0 Å². The van der Waals surface area contributed by atoms with Crippen molar-refractivity contribution < 1.29 is 0 Å². The summed E-state index contributed by atoms with van der Waals surface area (Å²) < 4.78 is 0. The summed E-state index contributed by atoms with van der Waals surface area (Å²) in [7, 11) is 2.10. The summed E-state index contributed by atoms with van der Waals surface area (Å²) in [4.78, 5) is 2.23. The van der Waals surface area contributed by atoms with Crippen molar-refractivity contribution in [2.24, 2.45) is 0 Å². The van der Waals surface area contributed by atoms with Crippen molar-refractivity contribution in [2.45, 2.75) is 39.3 Å². The minimum Gasteiger partial charge on any atom is -0.354 e. The van der Waals surface area contributed by atoms with Crippen molar-refractivity contribution in [3.05, 3.63) is 17.8 Å². The molecule has 1 atom stereocenters. The van der Waals surface area contributed by atoms with E-state index in [1.54, 1.807) is 0 Å². The second-order valence-corrected chi connectivity index (χ2v) is 5.60. The quantitative estimate of drug-likeness (QED) is 0.705. The van der Waals surface area contributed by atoms with Gasteiger partial charge in [0.15, 0.2) is 5.82 Å². The molecular formula is C14H26N4S. The van der Waals surface area contributed by atoms with E-state index in [1.165, 1.54) is 0 Å². The average Bonchev–Trinajstić information content (AvgIpc) is 2.45. The maximum Gasteiger partial charge on any atom is 0.151 e. The zero-order chi connectivity index (χ0) is 14.1. The highest BCUT2D eigenvalue weighted by molar-refractivity contribution is 7.98. The maximum atomic E-state index is 4.34. The molecule has 0 bridgehead atoms. The Labute approximate surface area is 121 Å². The van der Waals surface area contributed by atoms with Crippen LogP contribution in [-0.2, 0) is 6.54 Å². The molecule has 1 heterocycles. The van der Waals surface area contributed by atoms with Gasteiger partial charge in [0.2, 0.25) is 0 Å². The molecule has 1 rings (SSSR count). The van der Waals surface area contributed by atoms with Crippen molar-refractivity contribution in [2.75, 3.05) is 30.5 Å². The van der Waals surface area contributed by atoms with E-state index in [2.05, 4.69) is 59.7 Å². The van der Waals surface area contributed by atoms with Crippen LogP contribution in [0.5, 0.6) is 0 Å². The van der Waals surface area contributed by atoms with Gasteiger partial charge < -0.3 is 10.2 Å². The topological polar surface area (TPSA) is 41.0 Å². The van der Waals surface area contributed by atoms with E-state index in [9.17, 15) is 0 Å². The normalized spacial score (nSPS) is 12.4. The largest absolute Gasteiger partial charge is 0.354 e. The fraction of sp³-hybridized carbons (Fsp3) is 0.714. The molecule has 1 N–H and O–H groups in total. The Balaban J connectivity index is 2.58. The maximum absolute atomic E-state index is 4.34. The van der Waals surface area contributed by atoms with Crippen molar-refractivity contribution in [3.8, 4) is 0 Å². The Morgan fingerprint density at radius 2 is 2.11 bits per heavy atom. The lowest BCUT2D eigenvalue weighted by Crippen LogP contribution is -2.34. The standard InChI is InChI=1S/C14H26N4S/c1-5-9-15-10-12-7-8-14(17-16-12)18(3)13(6-2)11-19-4/h7-8,13,15H,5-6,9-11H2,1-4H3. The molecule has 0 fully saturated rings. The molecule has 0 aliphatic rings. The molecule has 0 saturated carbocycles. The molecule has 1 unspecified atom stereocenters. The lowest BCUT2D eigenvalue weighted by atomic mass is 10.2. The van der Waals surface area contributed by atoms with Crippen molar-refractivity contribution in [1.29, 1.82) is 0 Å². The summed E-state index contributed by atoms with van der Waals surface area (Å²) in [6.45, 7) is 6.20. The Morgan fingerprint density at radius 1 is 1.32 bits per heavy atom. The van der Waals surface area contributed by atoms with Crippen LogP contribution in [0.1, 0.15) is 32.4 Å². The van der Waals surface area contributed by atoms with E-state index in [0.717, 1.165) is 43.2 Å². The first-order valence-corrected chi connectivity index (χ1v) is 8.37. The highest BCUT2D eigenvalue weighted by Gasteiger charge is 2.14. The second-order valence-electron chi connectivity index (χ2n) is 4.69. The van der Waals surface area contributed by atoms with Crippen LogP contribution in [0.4, 0.5) is 5.82 Å². The van der Waals surface area contributed by atoms with Crippen molar-refractivity contribution in [3.63, 3.8) is 0 Å². The molecule has 0 spiro atoms. The number of nitrogens with zero attached hydrogens (tertiary/aromatic N) is 3. The van der Waals surface area contributed by atoms with Crippen LogP contribution in [-0.4, -0.2) is 41.8 Å². The number of thioether (sulfide) groups is 1. The predicted octanol–water partition coefficient (Wildman–Crippen LogP) is 2.55. The summed E-state index contributed by atoms with van der Waals surface area (Å²) in [6.07, 6.45) is 4.41. The van der Waals surface area contributed by atoms with Gasteiger partial charge in [-0.3, -0.25) is 0 Å². The van der Waals surface area contributed by atoms with Crippen molar-refractivity contribution in [1.82, 2.24) is 15.5 Å². The molecule has 5 heteroatoms. The average molecular weight is 282 g/mol. The first-order valence-electron chi connectivity index (χ1n) is 6.98. The third-order valence-electron chi connectivity index (χ3n) is 3.18. The zero-order valence-electron chi connectivity index (χ0n) is 12.5. The van der Waals surface area contributed by atoms with E-state index in [0.29, 0.717) is 6.04 Å². The molecule has 108 valence electrons. The molecule has 19 heavy (non-hydrogen) atoms. The number of hydrogen-bond donors (Lipinski definition) is 1. The highest BCUT2D eigenvalue weighted by Crippen LogP contribution is 2.15. The summed E-state index contributed by atoms with van der Waals surface area (Å²) in [6, 6.07) is 4.65. The molecule has 0 aliphatic carbocycles. The number of nitrogens with one attached hydrogen (secondary N) is 1. The summed E-state index contributed by atoms with van der Waals surface area (Å²) >= 11 is 1.87. The predicted molar refractivity (Wildman–Crippen MR) is 84.9 cm³/mol. The van der Waals surface area contributed by atoms with E-state index >= 15 is 0 Å². The Hall–Kier alpha value is -0.810. The lowest BCUT2D eigenvalue weighted by molar-refractivity contribution is 0.643. The minimum absolute atomic E-state index is 0.522. The Bertz CT molecular complexity index is 342. The van der Waals surface area contributed by atoms with Crippen LogP contribution >= 0.6 is 11.8 Å². The lowest BCUT2D eigenvalue weighted by Gasteiger charge is -2.27. The monoisotopic (exact) mass is 282 g/mol. The van der Waals surface area contributed by atoms with Gasteiger partial charge in [0.25, 0.3) is 0 Å². The van der Waals surface area contributed by atoms with Gasteiger partial charge in [-0.25, -0.2) is 0 Å². The van der Waals surface area contributed by atoms with Gasteiger partial charge in [-0.05, 0) is 37.8 Å². The molecule has 0 radical (unpaired) electrons. The van der Waals surface area contributed by atoms with Gasteiger partial charge in [0, 0.05) is 25.4 Å². The molecule has 0 saturated heterocycles. The van der Waals surface area contributed by atoms with Crippen LogP contribution in [0, 0.1) is 0 Å². The molecule has 4 nitrogen and oxygen atoms in total. The van der Waals surface area contributed by atoms with Crippen LogP contribution < -0.4 is 10.2 Å². The molecular weight excluding hydrogens is 256 g/mol. The van der Waals surface area contributed by atoms with Gasteiger partial charge in [-0.1, -0.05) is 13.8 Å². The second kappa shape index (κ2) is 9.15. The third-order valence-corrected chi connectivity index (χ3v) is 3.90. The van der Waals surface area contributed by atoms with Crippen LogP contribution in [0.25, 0.3) is 0 Å². The van der Waals surface area contributed by atoms with E-state index in [-0.39, 0.29) is 0 Å². The first-order chi connectivity index (χ1) is 9.22. The van der Waals surface area contributed by atoms with Gasteiger partial charge >= 0.3 is 0 Å². The molecule has 0 aliphatic heterocycles. The molecule has 0 aromatic carbocycles. The van der Waals surface area contributed by atoms with Crippen LogP contribution in [0.2, 0.25) is 0 Å². The van der Waals surface area contributed by atoms with Crippen LogP contribution in [0.15, 0.2) is 12.1 Å². The Kier molecular flexibility index (Phi) is 7.82. The van der Waals surface area contributed by atoms with Crippen LogP contribution in [0.3, 0.4) is 0 Å². The summed E-state index contributed by atoms with van der Waals surface area (Å²) in [5.74, 6) is 2.08. The molecule has 1 aromatic rings. The van der Waals surface area contributed by atoms with E-state index in [1.807, 2.05) is 11.8 Å². The highest BCUT2D eigenvalue weighted by atomic mass is 32.2. The van der Waals surface area contributed by atoms with Gasteiger partial charge in [-0.2, -0.15) is 16.9 Å². The van der Waals surface area contributed by atoms with E-state index < -0.39 is 0 Å². The number of rotatable bonds is 9. The third kappa shape index (κ3) is 5.37. The fourth-order valence-corrected chi connectivity index (χ4v) is 2.76. The number of aromatic nitrogens is 2.